The molecule has 6 heteroatoms. The number of rotatable bonds is 8. The molecule has 0 aliphatic carbocycles. The molecule has 2 aromatic rings. The van der Waals surface area contributed by atoms with E-state index >= 15 is 0 Å². The predicted molar refractivity (Wildman–Crippen MR) is 107 cm³/mol. The fourth-order valence-electron chi connectivity index (χ4n) is 2.07. The molecule has 0 N–H and O–H groups in total. The SMILES string of the molecule is C=C.CC(=O)Cc1ccc(SCCOS(=O)(=O)c2ccc(C)cc2)cc1. The Hall–Kier alpha value is -1.89. The normalized spacial score (nSPS) is 10.7. The van der Waals surface area contributed by atoms with Gasteiger partial charge in [-0.15, -0.1) is 24.9 Å². The Morgan fingerprint density at radius 1 is 1.04 bits per heavy atom. The van der Waals surface area contributed by atoms with E-state index in [9.17, 15) is 13.2 Å². The van der Waals surface area contributed by atoms with E-state index in [1.54, 1.807) is 31.2 Å². The summed E-state index contributed by atoms with van der Waals surface area (Å²) in [6.07, 6.45) is 0.433. The van der Waals surface area contributed by atoms with Crippen molar-refractivity contribution in [3.63, 3.8) is 0 Å². The highest BCUT2D eigenvalue weighted by atomic mass is 32.2. The number of ketones is 1. The van der Waals surface area contributed by atoms with E-state index in [-0.39, 0.29) is 17.3 Å². The number of Topliss-reactive ketones (excluding diaryl/α,β-unsaturated/α-hetero) is 1. The second kappa shape index (κ2) is 11.0. The number of hydrogen-bond acceptors (Lipinski definition) is 5. The van der Waals surface area contributed by atoms with Gasteiger partial charge in [-0.2, -0.15) is 8.42 Å². The minimum absolute atomic E-state index is 0.107. The van der Waals surface area contributed by atoms with Crippen molar-refractivity contribution in [3.05, 3.63) is 72.8 Å². The fourth-order valence-corrected chi connectivity index (χ4v) is 3.81. The Morgan fingerprint density at radius 2 is 1.62 bits per heavy atom. The first-order chi connectivity index (χ1) is 12.4. The van der Waals surface area contributed by atoms with E-state index < -0.39 is 10.1 Å². The lowest BCUT2D eigenvalue weighted by Crippen LogP contribution is -2.08. The molecule has 26 heavy (non-hydrogen) atoms. The number of hydrogen-bond donors (Lipinski definition) is 0. The lowest BCUT2D eigenvalue weighted by molar-refractivity contribution is -0.116. The molecule has 0 aromatic heterocycles. The lowest BCUT2D eigenvalue weighted by atomic mass is 10.1. The van der Waals surface area contributed by atoms with Gasteiger partial charge in [-0.1, -0.05) is 29.8 Å². The van der Waals surface area contributed by atoms with Crippen LogP contribution in [0.2, 0.25) is 0 Å². The van der Waals surface area contributed by atoms with Crippen LogP contribution in [0.15, 0.2) is 71.5 Å². The zero-order valence-electron chi connectivity index (χ0n) is 15.1. The largest absolute Gasteiger partial charge is 0.300 e. The van der Waals surface area contributed by atoms with Gasteiger partial charge in [0, 0.05) is 17.1 Å². The Bertz CT molecular complexity index is 795. The van der Waals surface area contributed by atoms with Crippen molar-refractivity contribution in [2.75, 3.05) is 12.4 Å². The zero-order chi connectivity index (χ0) is 19.6. The van der Waals surface area contributed by atoms with Gasteiger partial charge in [0.1, 0.15) is 5.78 Å². The van der Waals surface area contributed by atoms with Crippen LogP contribution in [0.25, 0.3) is 0 Å². The van der Waals surface area contributed by atoms with Crippen LogP contribution in [0.5, 0.6) is 0 Å². The molecule has 0 atom stereocenters. The Balaban J connectivity index is 0.00000163. The van der Waals surface area contributed by atoms with Gasteiger partial charge in [-0.25, -0.2) is 0 Å². The molecule has 0 aliphatic rings. The zero-order valence-corrected chi connectivity index (χ0v) is 16.7. The maximum Gasteiger partial charge on any atom is 0.296 e. The highest BCUT2D eigenvalue weighted by Crippen LogP contribution is 2.20. The van der Waals surface area contributed by atoms with E-state index in [4.69, 9.17) is 4.18 Å². The van der Waals surface area contributed by atoms with Crippen LogP contribution in [0.1, 0.15) is 18.1 Å². The van der Waals surface area contributed by atoms with E-state index in [2.05, 4.69) is 13.2 Å². The maximum atomic E-state index is 12.0. The Kier molecular flexibility index (Phi) is 9.34. The molecule has 0 saturated carbocycles. The average molecular weight is 393 g/mol. The monoisotopic (exact) mass is 392 g/mol. The molecule has 4 nitrogen and oxygen atoms in total. The second-order valence-electron chi connectivity index (χ2n) is 5.46. The molecule has 2 aromatic carbocycles. The number of aryl methyl sites for hydroxylation is 1. The molecule has 0 spiro atoms. The summed E-state index contributed by atoms with van der Waals surface area (Å²) in [5, 5.41) is 0. The molecule has 0 unspecified atom stereocenters. The van der Waals surface area contributed by atoms with Crippen LogP contribution >= 0.6 is 11.8 Å². The molecular formula is C20H24O4S2. The molecule has 0 aliphatic heterocycles. The molecule has 0 amide bonds. The van der Waals surface area contributed by atoms with Crippen LogP contribution in [0.4, 0.5) is 0 Å². The van der Waals surface area contributed by atoms with Crippen molar-refractivity contribution in [2.45, 2.75) is 30.1 Å². The summed E-state index contributed by atoms with van der Waals surface area (Å²) in [6.45, 7) is 9.57. The van der Waals surface area contributed by atoms with Gasteiger partial charge in [0.25, 0.3) is 10.1 Å². The second-order valence-corrected chi connectivity index (χ2v) is 8.24. The topological polar surface area (TPSA) is 60.4 Å². The van der Waals surface area contributed by atoms with Crippen LogP contribution in [-0.2, 0) is 25.5 Å². The van der Waals surface area contributed by atoms with E-state index in [0.717, 1.165) is 16.0 Å². The summed E-state index contributed by atoms with van der Waals surface area (Å²) < 4.78 is 29.1. The van der Waals surface area contributed by atoms with Gasteiger partial charge in [0.05, 0.1) is 11.5 Å². The van der Waals surface area contributed by atoms with Crippen LogP contribution in [0.3, 0.4) is 0 Å². The molecular weight excluding hydrogens is 368 g/mol. The highest BCUT2D eigenvalue weighted by Gasteiger charge is 2.14. The molecule has 2 rings (SSSR count). The average Bonchev–Trinajstić information content (AvgIpc) is 2.62. The highest BCUT2D eigenvalue weighted by molar-refractivity contribution is 7.99. The van der Waals surface area contributed by atoms with Gasteiger partial charge in [0.15, 0.2) is 0 Å². The summed E-state index contributed by atoms with van der Waals surface area (Å²) in [6, 6.07) is 14.3. The van der Waals surface area contributed by atoms with Crippen molar-refractivity contribution in [3.8, 4) is 0 Å². The van der Waals surface area contributed by atoms with Crippen molar-refractivity contribution < 1.29 is 17.4 Å². The molecule has 0 fully saturated rings. The molecule has 0 radical (unpaired) electrons. The third-order valence-corrected chi connectivity index (χ3v) is 5.58. The predicted octanol–water partition coefficient (Wildman–Crippen LogP) is 4.43. The van der Waals surface area contributed by atoms with E-state index in [1.807, 2.05) is 31.2 Å². The first-order valence-electron chi connectivity index (χ1n) is 8.04. The quantitative estimate of drug-likeness (QED) is 0.288. The van der Waals surface area contributed by atoms with Gasteiger partial charge in [-0.3, -0.25) is 8.98 Å². The lowest BCUT2D eigenvalue weighted by Gasteiger charge is -2.06. The maximum absolute atomic E-state index is 12.0. The molecule has 140 valence electrons. The minimum atomic E-state index is -3.70. The van der Waals surface area contributed by atoms with E-state index in [0.29, 0.717) is 12.2 Å². The van der Waals surface area contributed by atoms with Gasteiger partial charge >= 0.3 is 0 Å². The standard InChI is InChI=1S/C18H20O4S2.C2H4/c1-14-3-9-18(10-4-14)24(20,21)22-11-12-23-17-7-5-16(6-8-17)13-15(2)19;1-2/h3-10H,11-13H2,1-2H3;1-2H2. The fraction of sp³-hybridized carbons (Fsp3) is 0.250. The van der Waals surface area contributed by atoms with Gasteiger partial charge in [-0.05, 0) is 43.7 Å². The Labute approximate surface area is 160 Å². The number of thioether (sulfide) groups is 1. The van der Waals surface area contributed by atoms with Crippen LogP contribution in [-0.4, -0.2) is 26.6 Å². The first kappa shape index (κ1) is 22.2. The van der Waals surface area contributed by atoms with Crippen molar-refractivity contribution >= 4 is 27.7 Å². The summed E-state index contributed by atoms with van der Waals surface area (Å²) in [7, 11) is -3.70. The number of benzene rings is 2. The summed E-state index contributed by atoms with van der Waals surface area (Å²) in [5.74, 6) is 0.655. The minimum Gasteiger partial charge on any atom is -0.300 e. The van der Waals surface area contributed by atoms with Gasteiger partial charge in [0.2, 0.25) is 0 Å². The summed E-state index contributed by atoms with van der Waals surface area (Å²) in [5.41, 5.74) is 1.97. The van der Waals surface area contributed by atoms with E-state index in [1.165, 1.54) is 11.8 Å². The molecule has 0 heterocycles. The van der Waals surface area contributed by atoms with Crippen molar-refractivity contribution in [1.29, 1.82) is 0 Å². The number of carbonyl (C=O) groups excluding carboxylic acids is 1. The van der Waals surface area contributed by atoms with Crippen molar-refractivity contribution in [1.82, 2.24) is 0 Å². The smallest absolute Gasteiger partial charge is 0.296 e. The Morgan fingerprint density at radius 3 is 2.15 bits per heavy atom. The third-order valence-electron chi connectivity index (χ3n) is 3.28. The van der Waals surface area contributed by atoms with Crippen LogP contribution in [0, 0.1) is 6.92 Å². The third kappa shape index (κ3) is 7.56. The summed E-state index contributed by atoms with van der Waals surface area (Å²) in [4.78, 5) is 12.2. The van der Waals surface area contributed by atoms with Crippen molar-refractivity contribution in [2.24, 2.45) is 0 Å². The molecule has 0 saturated heterocycles. The number of carbonyl (C=O) groups is 1. The first-order valence-corrected chi connectivity index (χ1v) is 10.4. The van der Waals surface area contributed by atoms with Gasteiger partial charge < -0.3 is 0 Å². The summed E-state index contributed by atoms with van der Waals surface area (Å²) >= 11 is 1.51. The molecule has 0 bridgehead atoms. The van der Waals surface area contributed by atoms with Crippen LogP contribution < -0.4 is 0 Å².